The lowest BCUT2D eigenvalue weighted by atomic mass is 9.99. The number of pyridine rings is 1. The molecular formula is C31H29BrN6O3. The van der Waals surface area contributed by atoms with Crippen molar-refractivity contribution in [2.75, 3.05) is 0 Å². The van der Waals surface area contributed by atoms with Crippen LogP contribution in [-0.4, -0.2) is 59.2 Å². The van der Waals surface area contributed by atoms with Crippen molar-refractivity contribution >= 4 is 44.3 Å². The van der Waals surface area contributed by atoms with Gasteiger partial charge in [0.25, 0.3) is 0 Å². The number of aryl methyl sites for hydroxylation is 1. The van der Waals surface area contributed by atoms with E-state index in [2.05, 4.69) is 42.0 Å². The first-order chi connectivity index (χ1) is 19.8. The first kappa shape index (κ1) is 26.1. The van der Waals surface area contributed by atoms with E-state index in [4.69, 9.17) is 0 Å². The standard InChI is InChI=1S/C31H29BrN6O3/c1-16(39)31-23-9-19(21-13-33-17(2)34-14-21)5-7-25(23)37(36-31)15-30(41)38-26-10-20(26)11-27(38)28(40)12-24-22(18-3-4-18)6-8-29(32)35-24/h5-9,13-14,18,20,26-27H,3-4,10-12,15H2,1-2H3/t20-,26-,27+/m1/s1. The summed E-state index contributed by atoms with van der Waals surface area (Å²) in [7, 11) is 0. The number of likely N-dealkylation sites (tertiary alicyclic amines) is 1. The smallest absolute Gasteiger partial charge is 0.245 e. The van der Waals surface area contributed by atoms with Crippen molar-refractivity contribution in [1.29, 1.82) is 0 Å². The van der Waals surface area contributed by atoms with E-state index in [-0.39, 0.29) is 36.5 Å². The summed E-state index contributed by atoms with van der Waals surface area (Å²) in [4.78, 5) is 54.9. The molecule has 4 heterocycles. The summed E-state index contributed by atoms with van der Waals surface area (Å²) in [5.41, 5.74) is 4.68. The van der Waals surface area contributed by atoms with Gasteiger partial charge in [0.1, 0.15) is 22.7 Å². The molecule has 7 rings (SSSR count). The fraction of sp³-hybridized carbons (Fsp3) is 0.387. The Morgan fingerprint density at radius 2 is 1.80 bits per heavy atom. The van der Waals surface area contributed by atoms with E-state index in [0.29, 0.717) is 40.7 Å². The van der Waals surface area contributed by atoms with Crippen molar-refractivity contribution in [3.8, 4) is 11.1 Å². The zero-order valence-electron chi connectivity index (χ0n) is 22.9. The Morgan fingerprint density at radius 1 is 1.02 bits per heavy atom. The number of halogens is 1. The maximum atomic E-state index is 13.8. The molecule has 208 valence electrons. The molecule has 1 saturated heterocycles. The lowest BCUT2D eigenvalue weighted by molar-refractivity contribution is -0.139. The van der Waals surface area contributed by atoms with E-state index in [1.54, 1.807) is 22.0 Å². The first-order valence-corrected chi connectivity index (χ1v) is 14.9. The fourth-order valence-electron chi connectivity index (χ4n) is 6.27. The van der Waals surface area contributed by atoms with E-state index < -0.39 is 6.04 Å². The Morgan fingerprint density at radius 3 is 2.54 bits per heavy atom. The van der Waals surface area contributed by atoms with Gasteiger partial charge in [-0.15, -0.1) is 0 Å². The van der Waals surface area contributed by atoms with Crippen LogP contribution in [0.15, 0.2) is 47.3 Å². The Kier molecular flexibility index (Phi) is 6.33. The molecule has 4 aromatic rings. The van der Waals surface area contributed by atoms with Gasteiger partial charge in [0, 0.05) is 36.3 Å². The number of carbonyl (C=O) groups is 3. The van der Waals surface area contributed by atoms with Crippen LogP contribution in [0.5, 0.6) is 0 Å². The number of nitrogens with zero attached hydrogens (tertiary/aromatic N) is 6. The predicted molar refractivity (Wildman–Crippen MR) is 155 cm³/mol. The normalized spacial score (nSPS) is 21.2. The number of ketones is 2. The molecule has 3 atom stereocenters. The summed E-state index contributed by atoms with van der Waals surface area (Å²) in [5.74, 6) is 1.25. The quantitative estimate of drug-likeness (QED) is 0.207. The molecule has 3 fully saturated rings. The Labute approximate surface area is 245 Å². The highest BCUT2D eigenvalue weighted by Gasteiger charge is 2.55. The second-order valence-electron chi connectivity index (χ2n) is 11.5. The van der Waals surface area contributed by atoms with E-state index in [0.717, 1.165) is 46.2 Å². The van der Waals surface area contributed by atoms with Gasteiger partial charge in [0.2, 0.25) is 5.91 Å². The fourth-order valence-corrected chi connectivity index (χ4v) is 6.62. The molecule has 10 heteroatoms. The molecule has 9 nitrogen and oxygen atoms in total. The molecule has 0 N–H and O–H groups in total. The van der Waals surface area contributed by atoms with Gasteiger partial charge in [-0.2, -0.15) is 5.10 Å². The monoisotopic (exact) mass is 612 g/mol. The SMILES string of the molecule is CC(=O)c1nn(CC(=O)N2[C@@H]3C[C@@H]3C[C@H]2C(=O)Cc2nc(Br)ccc2C2CC2)c2ccc(-c3cnc(C)nc3)cc12. The van der Waals surface area contributed by atoms with Gasteiger partial charge in [-0.25, -0.2) is 15.0 Å². The van der Waals surface area contributed by atoms with Crippen LogP contribution in [-0.2, 0) is 22.6 Å². The highest BCUT2D eigenvalue weighted by atomic mass is 79.9. The molecule has 2 saturated carbocycles. The van der Waals surface area contributed by atoms with Crippen LogP contribution in [0.4, 0.5) is 0 Å². The average Bonchev–Trinajstić information content (AvgIpc) is 3.87. The van der Waals surface area contributed by atoms with Crippen molar-refractivity contribution in [3.63, 3.8) is 0 Å². The molecule has 0 unspecified atom stereocenters. The summed E-state index contributed by atoms with van der Waals surface area (Å²) < 4.78 is 2.32. The summed E-state index contributed by atoms with van der Waals surface area (Å²) in [6.07, 6.45) is 7.61. The van der Waals surface area contributed by atoms with Crippen LogP contribution in [0.2, 0.25) is 0 Å². The van der Waals surface area contributed by atoms with Crippen molar-refractivity contribution in [1.82, 2.24) is 29.6 Å². The number of hydrogen-bond donors (Lipinski definition) is 0. The lowest BCUT2D eigenvalue weighted by Crippen LogP contribution is -2.45. The molecule has 2 aliphatic carbocycles. The minimum absolute atomic E-state index is 0.0355. The largest absolute Gasteiger partial charge is 0.328 e. The van der Waals surface area contributed by atoms with Crippen LogP contribution in [0, 0.1) is 12.8 Å². The molecule has 1 aromatic carbocycles. The number of rotatable bonds is 8. The van der Waals surface area contributed by atoms with E-state index in [1.807, 2.05) is 31.2 Å². The number of hydrogen-bond acceptors (Lipinski definition) is 7. The number of Topliss-reactive ketones (excluding diaryl/α,β-unsaturated/α-hetero) is 2. The third-order valence-electron chi connectivity index (χ3n) is 8.58. The minimum Gasteiger partial charge on any atom is -0.328 e. The molecule has 3 aliphatic rings. The van der Waals surface area contributed by atoms with E-state index in [1.165, 1.54) is 6.92 Å². The lowest BCUT2D eigenvalue weighted by Gasteiger charge is -2.27. The molecular weight excluding hydrogens is 584 g/mol. The van der Waals surface area contributed by atoms with Gasteiger partial charge in [-0.3, -0.25) is 19.1 Å². The Balaban J connectivity index is 1.15. The number of aromatic nitrogens is 5. The average molecular weight is 614 g/mol. The third kappa shape index (κ3) is 4.88. The van der Waals surface area contributed by atoms with Gasteiger partial charge in [0.15, 0.2) is 11.6 Å². The summed E-state index contributed by atoms with van der Waals surface area (Å²) in [6.45, 7) is 3.27. The first-order valence-electron chi connectivity index (χ1n) is 14.1. The predicted octanol–water partition coefficient (Wildman–Crippen LogP) is 4.84. The van der Waals surface area contributed by atoms with Gasteiger partial charge < -0.3 is 4.90 Å². The van der Waals surface area contributed by atoms with Gasteiger partial charge in [-0.05, 0) is 89.7 Å². The highest BCUT2D eigenvalue weighted by molar-refractivity contribution is 9.10. The maximum absolute atomic E-state index is 13.8. The number of carbonyl (C=O) groups excluding carboxylic acids is 3. The van der Waals surface area contributed by atoms with E-state index >= 15 is 0 Å². The summed E-state index contributed by atoms with van der Waals surface area (Å²) in [5, 5.41) is 5.24. The highest BCUT2D eigenvalue weighted by Crippen LogP contribution is 2.49. The Hall–Kier alpha value is -3.79. The van der Waals surface area contributed by atoms with Crippen LogP contribution in [0.3, 0.4) is 0 Å². The zero-order valence-corrected chi connectivity index (χ0v) is 24.5. The number of amides is 1. The topological polar surface area (TPSA) is 111 Å². The van der Waals surface area contributed by atoms with Crippen molar-refractivity contribution < 1.29 is 14.4 Å². The molecule has 0 spiro atoms. The molecule has 41 heavy (non-hydrogen) atoms. The minimum atomic E-state index is -0.457. The molecule has 3 aromatic heterocycles. The Bertz CT molecular complexity index is 1730. The summed E-state index contributed by atoms with van der Waals surface area (Å²) >= 11 is 3.45. The van der Waals surface area contributed by atoms with Crippen LogP contribution in [0.25, 0.3) is 22.0 Å². The van der Waals surface area contributed by atoms with Crippen LogP contribution in [0.1, 0.15) is 66.1 Å². The zero-order chi connectivity index (χ0) is 28.4. The van der Waals surface area contributed by atoms with Crippen molar-refractivity contribution in [3.05, 3.63) is 70.1 Å². The maximum Gasteiger partial charge on any atom is 0.245 e. The van der Waals surface area contributed by atoms with Gasteiger partial charge >= 0.3 is 0 Å². The molecule has 0 bridgehead atoms. The second kappa shape index (κ2) is 9.94. The van der Waals surface area contributed by atoms with Crippen LogP contribution >= 0.6 is 15.9 Å². The number of piperidine rings is 1. The van der Waals surface area contributed by atoms with Crippen LogP contribution < -0.4 is 0 Å². The molecule has 1 aliphatic heterocycles. The number of fused-ring (bicyclic) bond motifs is 2. The van der Waals surface area contributed by atoms with Crippen molar-refractivity contribution in [2.45, 2.75) is 70.5 Å². The number of benzene rings is 1. The van der Waals surface area contributed by atoms with Gasteiger partial charge in [-0.1, -0.05) is 12.1 Å². The molecule has 1 amide bonds. The second-order valence-corrected chi connectivity index (χ2v) is 12.3. The molecule has 0 radical (unpaired) electrons. The van der Waals surface area contributed by atoms with Crippen molar-refractivity contribution in [2.24, 2.45) is 5.92 Å². The third-order valence-corrected chi connectivity index (χ3v) is 9.02. The summed E-state index contributed by atoms with van der Waals surface area (Å²) in [6, 6.07) is 9.34. The van der Waals surface area contributed by atoms with E-state index in [9.17, 15) is 14.4 Å². The van der Waals surface area contributed by atoms with Gasteiger partial charge in [0.05, 0.1) is 23.7 Å².